The molecule has 2 fully saturated rings. The van der Waals surface area contributed by atoms with Crippen molar-refractivity contribution in [3.8, 4) is 11.5 Å². The molecule has 1 N–H and O–H groups in total. The zero-order valence-corrected chi connectivity index (χ0v) is 15.8. The number of methoxy groups -OCH3 is 2. The molecule has 0 radical (unpaired) electrons. The number of hydrogen-bond acceptors (Lipinski definition) is 5. The maximum Gasteiger partial charge on any atom is 0.227 e. The van der Waals surface area contributed by atoms with Crippen molar-refractivity contribution in [1.29, 1.82) is 0 Å². The molecule has 6 nitrogen and oxygen atoms in total. The summed E-state index contributed by atoms with van der Waals surface area (Å²) >= 11 is 0. The standard InChI is InChI=1S/C18H27N3O3.ClH/c1-23-16-4-3-5-17(24-2)15(16)12-18(22)21-9-6-14(13-21)20-10-7-19-8-11-20;/h3-5,14,19H,6-13H2,1-2H3;1H. The van der Waals surface area contributed by atoms with Gasteiger partial charge in [-0.2, -0.15) is 0 Å². The third-order valence-corrected chi connectivity index (χ3v) is 5.04. The average molecular weight is 370 g/mol. The third kappa shape index (κ3) is 4.57. The van der Waals surface area contributed by atoms with E-state index < -0.39 is 0 Å². The molecule has 140 valence electrons. The minimum atomic E-state index is 0. The summed E-state index contributed by atoms with van der Waals surface area (Å²) in [6.07, 6.45) is 1.39. The number of likely N-dealkylation sites (tertiary alicyclic amines) is 1. The first-order valence-electron chi connectivity index (χ1n) is 8.65. The van der Waals surface area contributed by atoms with Crippen LogP contribution in [0.4, 0.5) is 0 Å². The second-order valence-corrected chi connectivity index (χ2v) is 6.39. The van der Waals surface area contributed by atoms with Gasteiger partial charge in [0, 0.05) is 50.9 Å². The molecule has 2 heterocycles. The number of ether oxygens (including phenoxy) is 2. The first kappa shape index (κ1) is 19.8. The van der Waals surface area contributed by atoms with Gasteiger partial charge in [-0.1, -0.05) is 6.07 Å². The summed E-state index contributed by atoms with van der Waals surface area (Å²) in [5.41, 5.74) is 0.832. The summed E-state index contributed by atoms with van der Waals surface area (Å²) in [7, 11) is 3.25. The summed E-state index contributed by atoms with van der Waals surface area (Å²) < 4.78 is 10.8. The summed E-state index contributed by atoms with van der Waals surface area (Å²) in [6.45, 7) is 5.91. The molecular formula is C18H28ClN3O3. The monoisotopic (exact) mass is 369 g/mol. The second kappa shape index (κ2) is 9.27. The predicted molar refractivity (Wildman–Crippen MR) is 99.9 cm³/mol. The van der Waals surface area contributed by atoms with E-state index in [1.54, 1.807) is 14.2 Å². The van der Waals surface area contributed by atoms with Crippen molar-refractivity contribution in [2.45, 2.75) is 18.9 Å². The van der Waals surface area contributed by atoms with E-state index in [4.69, 9.17) is 9.47 Å². The lowest BCUT2D eigenvalue weighted by molar-refractivity contribution is -0.129. The van der Waals surface area contributed by atoms with E-state index in [0.717, 1.165) is 51.3 Å². The van der Waals surface area contributed by atoms with Crippen molar-refractivity contribution >= 4 is 18.3 Å². The Morgan fingerprint density at radius 2 is 1.80 bits per heavy atom. The highest BCUT2D eigenvalue weighted by atomic mass is 35.5. The van der Waals surface area contributed by atoms with E-state index in [1.807, 2.05) is 23.1 Å². The van der Waals surface area contributed by atoms with Gasteiger partial charge in [-0.05, 0) is 18.6 Å². The lowest BCUT2D eigenvalue weighted by atomic mass is 10.1. The highest BCUT2D eigenvalue weighted by Gasteiger charge is 2.31. The van der Waals surface area contributed by atoms with Gasteiger partial charge in [-0.15, -0.1) is 12.4 Å². The van der Waals surface area contributed by atoms with Gasteiger partial charge in [0.15, 0.2) is 0 Å². The number of piperazine rings is 1. The molecule has 0 bridgehead atoms. The molecule has 2 saturated heterocycles. The van der Waals surface area contributed by atoms with Crippen LogP contribution < -0.4 is 14.8 Å². The minimum absolute atomic E-state index is 0. The number of nitrogens with one attached hydrogen (secondary N) is 1. The van der Waals surface area contributed by atoms with Crippen LogP contribution in [0.15, 0.2) is 18.2 Å². The lowest BCUT2D eigenvalue weighted by Crippen LogP contribution is -2.49. The number of nitrogens with zero attached hydrogens (tertiary/aromatic N) is 2. The fraction of sp³-hybridized carbons (Fsp3) is 0.611. The van der Waals surface area contributed by atoms with Gasteiger partial charge in [0.1, 0.15) is 11.5 Å². The fourth-order valence-electron chi connectivity index (χ4n) is 3.68. The van der Waals surface area contributed by atoms with E-state index in [9.17, 15) is 4.79 Å². The Bertz CT molecular complexity index is 556. The summed E-state index contributed by atoms with van der Waals surface area (Å²) in [4.78, 5) is 17.3. The van der Waals surface area contributed by atoms with Crippen LogP contribution in [0, 0.1) is 0 Å². The number of halogens is 1. The number of benzene rings is 1. The number of hydrogen-bond donors (Lipinski definition) is 1. The number of carbonyl (C=O) groups is 1. The van der Waals surface area contributed by atoms with Crippen LogP contribution in [0.3, 0.4) is 0 Å². The number of carbonyl (C=O) groups excluding carboxylic acids is 1. The predicted octanol–water partition coefficient (Wildman–Crippen LogP) is 1.17. The Labute approximate surface area is 155 Å². The molecule has 0 saturated carbocycles. The van der Waals surface area contributed by atoms with Crippen molar-refractivity contribution in [2.24, 2.45) is 0 Å². The van der Waals surface area contributed by atoms with Crippen LogP contribution in [0.1, 0.15) is 12.0 Å². The van der Waals surface area contributed by atoms with Crippen LogP contribution >= 0.6 is 12.4 Å². The van der Waals surface area contributed by atoms with E-state index in [2.05, 4.69) is 10.2 Å². The van der Waals surface area contributed by atoms with Crippen molar-refractivity contribution < 1.29 is 14.3 Å². The van der Waals surface area contributed by atoms with Gasteiger partial charge in [-0.25, -0.2) is 0 Å². The Morgan fingerprint density at radius 1 is 1.16 bits per heavy atom. The Balaban J connectivity index is 0.00000225. The minimum Gasteiger partial charge on any atom is -0.496 e. The van der Waals surface area contributed by atoms with Crippen molar-refractivity contribution in [1.82, 2.24) is 15.1 Å². The largest absolute Gasteiger partial charge is 0.496 e. The van der Waals surface area contributed by atoms with Crippen LogP contribution in [-0.4, -0.2) is 75.2 Å². The van der Waals surface area contributed by atoms with Crippen LogP contribution in [0.2, 0.25) is 0 Å². The van der Waals surface area contributed by atoms with E-state index in [0.29, 0.717) is 24.0 Å². The molecule has 7 heteroatoms. The van der Waals surface area contributed by atoms with Gasteiger partial charge in [0.25, 0.3) is 0 Å². The maximum absolute atomic E-state index is 12.8. The zero-order chi connectivity index (χ0) is 16.9. The van der Waals surface area contributed by atoms with E-state index >= 15 is 0 Å². The molecule has 0 aliphatic carbocycles. The SMILES string of the molecule is COc1cccc(OC)c1CC(=O)N1CCC(N2CCNCC2)C1.Cl. The lowest BCUT2D eigenvalue weighted by Gasteiger charge is -2.32. The second-order valence-electron chi connectivity index (χ2n) is 6.39. The smallest absolute Gasteiger partial charge is 0.227 e. The number of amides is 1. The van der Waals surface area contributed by atoms with Crippen molar-refractivity contribution in [2.75, 3.05) is 53.5 Å². The molecule has 1 aromatic carbocycles. The molecule has 1 aromatic rings. The Morgan fingerprint density at radius 3 is 2.40 bits per heavy atom. The van der Waals surface area contributed by atoms with Crippen molar-refractivity contribution in [3.05, 3.63) is 23.8 Å². The van der Waals surface area contributed by atoms with Gasteiger partial charge < -0.3 is 19.7 Å². The van der Waals surface area contributed by atoms with Gasteiger partial charge in [0.05, 0.1) is 20.6 Å². The topological polar surface area (TPSA) is 54.0 Å². The van der Waals surface area contributed by atoms with Crippen molar-refractivity contribution in [3.63, 3.8) is 0 Å². The quantitative estimate of drug-likeness (QED) is 0.844. The molecule has 1 amide bonds. The normalized spacial score (nSPS) is 20.9. The Hall–Kier alpha value is -1.50. The highest BCUT2D eigenvalue weighted by molar-refractivity contribution is 5.85. The zero-order valence-electron chi connectivity index (χ0n) is 15.0. The maximum atomic E-state index is 12.8. The molecule has 2 aliphatic heterocycles. The third-order valence-electron chi connectivity index (χ3n) is 5.04. The first-order valence-corrected chi connectivity index (χ1v) is 8.65. The van der Waals surface area contributed by atoms with Crippen LogP contribution in [0.5, 0.6) is 11.5 Å². The first-order chi connectivity index (χ1) is 11.7. The number of rotatable bonds is 5. The van der Waals surface area contributed by atoms with Gasteiger partial charge in [0.2, 0.25) is 5.91 Å². The summed E-state index contributed by atoms with van der Waals surface area (Å²) in [6, 6.07) is 6.12. The molecule has 0 aromatic heterocycles. The molecular weight excluding hydrogens is 342 g/mol. The summed E-state index contributed by atoms with van der Waals surface area (Å²) in [5.74, 6) is 1.57. The molecule has 25 heavy (non-hydrogen) atoms. The average Bonchev–Trinajstić information content (AvgIpc) is 3.13. The summed E-state index contributed by atoms with van der Waals surface area (Å²) in [5, 5.41) is 3.38. The molecule has 3 rings (SSSR count). The van der Waals surface area contributed by atoms with Gasteiger partial charge >= 0.3 is 0 Å². The molecule has 2 aliphatic rings. The van der Waals surface area contributed by atoms with E-state index in [1.165, 1.54) is 0 Å². The molecule has 0 spiro atoms. The molecule has 1 unspecified atom stereocenters. The van der Waals surface area contributed by atoms with E-state index in [-0.39, 0.29) is 18.3 Å². The van der Waals surface area contributed by atoms with Gasteiger partial charge in [-0.3, -0.25) is 9.69 Å². The highest BCUT2D eigenvalue weighted by Crippen LogP contribution is 2.29. The Kier molecular flexibility index (Phi) is 7.35. The van der Waals surface area contributed by atoms with Crippen LogP contribution in [-0.2, 0) is 11.2 Å². The fourth-order valence-corrected chi connectivity index (χ4v) is 3.68. The molecule has 1 atom stereocenters. The van der Waals surface area contributed by atoms with Crippen LogP contribution in [0.25, 0.3) is 0 Å².